The number of rotatable bonds is 2. The van der Waals surface area contributed by atoms with Crippen molar-refractivity contribution >= 4 is 24.8 Å². The van der Waals surface area contributed by atoms with Crippen LogP contribution in [0.4, 0.5) is 4.39 Å². The highest BCUT2D eigenvalue weighted by molar-refractivity contribution is 5.85. The maximum atomic E-state index is 13.7. The van der Waals surface area contributed by atoms with Crippen molar-refractivity contribution in [1.82, 2.24) is 9.80 Å². The van der Waals surface area contributed by atoms with Gasteiger partial charge in [0, 0.05) is 31.7 Å². The number of likely N-dealkylation sites (tertiary alicyclic amines) is 2. The molecule has 5 rings (SSSR count). The van der Waals surface area contributed by atoms with Crippen LogP contribution < -0.4 is 0 Å². The third-order valence-electron chi connectivity index (χ3n) is 6.66. The first-order valence-electron chi connectivity index (χ1n) is 9.45. The Kier molecular flexibility index (Phi) is 6.17. The lowest BCUT2D eigenvalue weighted by molar-refractivity contribution is 0.190. The van der Waals surface area contributed by atoms with Gasteiger partial charge in [0.15, 0.2) is 0 Å². The summed E-state index contributed by atoms with van der Waals surface area (Å²) in [5, 5.41) is 0. The predicted octanol–water partition coefficient (Wildman–Crippen LogP) is 4.37. The summed E-state index contributed by atoms with van der Waals surface area (Å²) in [7, 11) is 2.20. The SMILES string of the molecule is CN1C[C@H]2CN(C3Cc4ccccc4C3)C[C@H]2[C@@H]1c1cccc(F)c1.Cl.Cl. The van der Waals surface area contributed by atoms with Gasteiger partial charge in [0.05, 0.1) is 0 Å². The van der Waals surface area contributed by atoms with Crippen LogP contribution in [0.2, 0.25) is 0 Å². The lowest BCUT2D eigenvalue weighted by Gasteiger charge is -2.29. The summed E-state index contributed by atoms with van der Waals surface area (Å²) in [5.41, 5.74) is 4.21. The molecule has 146 valence electrons. The Hall–Kier alpha value is -1.13. The van der Waals surface area contributed by atoms with Crippen LogP contribution in [-0.2, 0) is 12.8 Å². The van der Waals surface area contributed by atoms with E-state index in [-0.39, 0.29) is 30.6 Å². The summed E-state index contributed by atoms with van der Waals surface area (Å²) in [6.07, 6.45) is 2.38. The fourth-order valence-electron chi connectivity index (χ4n) is 5.58. The Labute approximate surface area is 173 Å². The molecule has 0 spiro atoms. The Bertz CT molecular complexity index is 774. The lowest BCUT2D eigenvalue weighted by atomic mass is 9.89. The molecule has 2 saturated heterocycles. The van der Waals surface area contributed by atoms with E-state index in [9.17, 15) is 4.39 Å². The van der Waals surface area contributed by atoms with E-state index < -0.39 is 0 Å². The van der Waals surface area contributed by atoms with Crippen LogP contribution in [0.3, 0.4) is 0 Å². The molecule has 0 unspecified atom stereocenters. The van der Waals surface area contributed by atoms with E-state index in [2.05, 4.69) is 47.2 Å². The topological polar surface area (TPSA) is 6.48 Å². The van der Waals surface area contributed by atoms with Gasteiger partial charge in [0.25, 0.3) is 0 Å². The van der Waals surface area contributed by atoms with Crippen LogP contribution in [0.15, 0.2) is 48.5 Å². The monoisotopic (exact) mass is 408 g/mol. The van der Waals surface area contributed by atoms with Gasteiger partial charge < -0.3 is 0 Å². The van der Waals surface area contributed by atoms with Gasteiger partial charge in [-0.15, -0.1) is 24.8 Å². The van der Waals surface area contributed by atoms with Crippen molar-refractivity contribution in [3.63, 3.8) is 0 Å². The highest BCUT2D eigenvalue weighted by Crippen LogP contribution is 2.45. The van der Waals surface area contributed by atoms with Gasteiger partial charge in [0.1, 0.15) is 5.82 Å². The Balaban J connectivity index is 0.00000105. The smallest absolute Gasteiger partial charge is 0.123 e. The fourth-order valence-corrected chi connectivity index (χ4v) is 5.58. The van der Waals surface area contributed by atoms with Gasteiger partial charge in [-0.05, 0) is 60.5 Å². The molecule has 2 nitrogen and oxygen atoms in total. The predicted molar refractivity (Wildman–Crippen MR) is 112 cm³/mol. The van der Waals surface area contributed by atoms with Crippen molar-refractivity contribution < 1.29 is 4.39 Å². The molecule has 2 aromatic carbocycles. The van der Waals surface area contributed by atoms with Gasteiger partial charge in [-0.25, -0.2) is 4.39 Å². The van der Waals surface area contributed by atoms with Gasteiger partial charge in [-0.1, -0.05) is 36.4 Å². The van der Waals surface area contributed by atoms with E-state index in [4.69, 9.17) is 0 Å². The van der Waals surface area contributed by atoms with E-state index >= 15 is 0 Å². The molecular formula is C22H27Cl2FN2. The van der Waals surface area contributed by atoms with Crippen molar-refractivity contribution in [1.29, 1.82) is 0 Å². The van der Waals surface area contributed by atoms with E-state index in [1.165, 1.54) is 30.5 Å². The second-order valence-electron chi connectivity index (χ2n) is 8.15. The Morgan fingerprint density at radius 1 is 0.889 bits per heavy atom. The minimum absolute atomic E-state index is 0. The first-order chi connectivity index (χ1) is 12.2. The van der Waals surface area contributed by atoms with Gasteiger partial charge in [-0.3, -0.25) is 9.80 Å². The maximum Gasteiger partial charge on any atom is 0.123 e. The normalized spacial score (nSPS) is 27.7. The Morgan fingerprint density at radius 3 is 2.26 bits per heavy atom. The molecule has 2 fully saturated rings. The zero-order valence-corrected chi connectivity index (χ0v) is 17.2. The molecule has 3 aliphatic rings. The average Bonchev–Trinajstić information content (AvgIpc) is 3.25. The zero-order valence-electron chi connectivity index (χ0n) is 15.6. The molecule has 0 N–H and O–H groups in total. The molecule has 1 aliphatic carbocycles. The fraction of sp³-hybridized carbons (Fsp3) is 0.455. The minimum atomic E-state index is -0.115. The molecule has 0 radical (unpaired) electrons. The number of fused-ring (bicyclic) bond motifs is 2. The summed E-state index contributed by atoms with van der Waals surface area (Å²) in [6, 6.07) is 17.1. The van der Waals surface area contributed by atoms with Gasteiger partial charge >= 0.3 is 0 Å². The molecule has 3 atom stereocenters. The second kappa shape index (κ2) is 8.08. The zero-order chi connectivity index (χ0) is 17.0. The molecular weight excluding hydrogens is 382 g/mol. The molecule has 27 heavy (non-hydrogen) atoms. The van der Waals surface area contributed by atoms with E-state index in [1.807, 2.05) is 6.07 Å². The molecule has 2 aliphatic heterocycles. The highest BCUT2D eigenvalue weighted by atomic mass is 35.5. The van der Waals surface area contributed by atoms with Crippen LogP contribution in [0.1, 0.15) is 22.7 Å². The van der Waals surface area contributed by atoms with E-state index in [0.29, 0.717) is 23.9 Å². The first kappa shape index (κ1) is 20.6. The Morgan fingerprint density at radius 2 is 1.59 bits per heavy atom. The number of nitrogens with zero attached hydrogens (tertiary/aromatic N) is 2. The summed E-state index contributed by atoms with van der Waals surface area (Å²) in [5.74, 6) is 1.22. The number of benzene rings is 2. The van der Waals surface area contributed by atoms with Crippen LogP contribution in [-0.4, -0.2) is 42.5 Å². The summed E-state index contributed by atoms with van der Waals surface area (Å²) < 4.78 is 13.7. The molecule has 2 aromatic rings. The van der Waals surface area contributed by atoms with E-state index in [1.54, 1.807) is 12.1 Å². The van der Waals surface area contributed by atoms with E-state index in [0.717, 1.165) is 18.7 Å². The van der Waals surface area contributed by atoms with Crippen molar-refractivity contribution in [2.75, 3.05) is 26.7 Å². The number of hydrogen-bond donors (Lipinski definition) is 0. The summed E-state index contributed by atoms with van der Waals surface area (Å²) in [6.45, 7) is 3.47. The second-order valence-corrected chi connectivity index (χ2v) is 8.15. The molecule has 0 saturated carbocycles. The molecule has 0 amide bonds. The van der Waals surface area contributed by atoms with Crippen molar-refractivity contribution in [2.45, 2.75) is 24.9 Å². The largest absolute Gasteiger partial charge is 0.299 e. The summed E-state index contributed by atoms with van der Waals surface area (Å²) in [4.78, 5) is 5.15. The van der Waals surface area contributed by atoms with Crippen LogP contribution >= 0.6 is 24.8 Å². The minimum Gasteiger partial charge on any atom is -0.299 e. The van der Waals surface area contributed by atoms with Crippen LogP contribution in [0.5, 0.6) is 0 Å². The standard InChI is InChI=1S/C22H25FN2.2ClH/c1-24-12-18-13-25(20-10-15-5-2-3-6-16(15)11-20)14-21(18)22(24)17-7-4-8-19(23)9-17;;/h2-9,18,20-22H,10-14H2,1H3;2*1H/t18-,21+,22-;;/m0../s1. The third-order valence-corrected chi connectivity index (χ3v) is 6.66. The number of hydrogen-bond acceptors (Lipinski definition) is 2. The van der Waals surface area contributed by atoms with Crippen LogP contribution in [0, 0.1) is 17.7 Å². The number of halogens is 3. The average molecular weight is 409 g/mol. The molecule has 5 heteroatoms. The van der Waals surface area contributed by atoms with Gasteiger partial charge in [0.2, 0.25) is 0 Å². The maximum absolute atomic E-state index is 13.7. The highest BCUT2D eigenvalue weighted by Gasteiger charge is 2.47. The lowest BCUT2D eigenvalue weighted by Crippen LogP contribution is -2.37. The molecule has 0 aromatic heterocycles. The molecule has 0 bridgehead atoms. The van der Waals surface area contributed by atoms with Crippen molar-refractivity contribution in [3.05, 3.63) is 71.0 Å². The van der Waals surface area contributed by atoms with Crippen molar-refractivity contribution in [3.8, 4) is 0 Å². The third kappa shape index (κ3) is 3.63. The quantitative estimate of drug-likeness (QED) is 0.727. The summed E-state index contributed by atoms with van der Waals surface area (Å²) >= 11 is 0. The van der Waals surface area contributed by atoms with Crippen molar-refractivity contribution in [2.24, 2.45) is 11.8 Å². The van der Waals surface area contributed by atoms with Gasteiger partial charge in [-0.2, -0.15) is 0 Å². The molecule has 2 heterocycles. The van der Waals surface area contributed by atoms with Crippen LogP contribution in [0.25, 0.3) is 0 Å². The first-order valence-corrected chi connectivity index (χ1v) is 9.45.